The number of nitrogens with one attached hydrogen (secondary N) is 1. The number of hydrogen-bond acceptors (Lipinski definition) is 6. The fourth-order valence-electron chi connectivity index (χ4n) is 3.05. The Morgan fingerprint density at radius 2 is 1.97 bits per heavy atom. The molecular weight excluding hydrogens is 460 g/mol. The summed E-state index contributed by atoms with van der Waals surface area (Å²) in [7, 11) is -3.68. The van der Waals surface area contributed by atoms with E-state index < -0.39 is 28.0 Å². The van der Waals surface area contributed by atoms with E-state index in [-0.39, 0.29) is 15.6 Å². The van der Waals surface area contributed by atoms with Gasteiger partial charge in [0.2, 0.25) is 10.0 Å². The van der Waals surface area contributed by atoms with Crippen molar-refractivity contribution in [2.75, 3.05) is 18.4 Å². The zero-order chi connectivity index (χ0) is 22.4. The molecule has 1 atom stereocenters. The quantitative estimate of drug-likeness (QED) is 0.472. The first-order valence-electron chi connectivity index (χ1n) is 9.80. The second-order valence-corrected chi connectivity index (χ2v) is 10.3. The number of nitrogens with zero attached hydrogens (tertiary/aromatic N) is 1. The third-order valence-corrected chi connectivity index (χ3v) is 7.80. The van der Waals surface area contributed by atoms with Crippen molar-refractivity contribution in [1.29, 1.82) is 0 Å². The second kappa shape index (κ2) is 10.4. The van der Waals surface area contributed by atoms with E-state index >= 15 is 0 Å². The first kappa shape index (κ1) is 23.5. The normalized spacial score (nSPS) is 16.2. The topological polar surface area (TPSA) is 92.8 Å². The molecule has 1 aliphatic rings. The predicted molar refractivity (Wildman–Crippen MR) is 122 cm³/mol. The van der Waals surface area contributed by atoms with Crippen LogP contribution in [-0.2, 0) is 24.3 Å². The van der Waals surface area contributed by atoms with E-state index in [2.05, 4.69) is 5.32 Å². The number of sulfonamides is 1. The molecule has 1 N–H and O–H groups in total. The van der Waals surface area contributed by atoms with Gasteiger partial charge >= 0.3 is 5.97 Å². The lowest BCUT2D eigenvalue weighted by Gasteiger charge is -2.26. The van der Waals surface area contributed by atoms with E-state index in [0.717, 1.165) is 24.1 Å². The number of benzene rings is 1. The Balaban J connectivity index is 1.66. The molecule has 0 radical (unpaired) electrons. The highest BCUT2D eigenvalue weighted by molar-refractivity contribution is 7.89. The summed E-state index contributed by atoms with van der Waals surface area (Å²) in [6.07, 6.45) is 4.39. The first-order valence-corrected chi connectivity index (χ1v) is 12.5. The van der Waals surface area contributed by atoms with Crippen molar-refractivity contribution in [2.24, 2.45) is 0 Å². The molecule has 2 aromatic rings. The molecule has 0 bridgehead atoms. The number of esters is 1. The molecule has 0 aliphatic carbocycles. The van der Waals surface area contributed by atoms with Gasteiger partial charge in [-0.15, -0.1) is 11.3 Å². The van der Waals surface area contributed by atoms with Crippen LogP contribution in [0.4, 0.5) is 5.69 Å². The molecule has 1 aliphatic heterocycles. The number of hydrogen-bond donors (Lipinski definition) is 1. The molecule has 1 fully saturated rings. The fraction of sp³-hybridized carbons (Fsp3) is 0.333. The predicted octanol–water partition coefficient (Wildman–Crippen LogP) is 4.16. The van der Waals surface area contributed by atoms with E-state index in [1.807, 2.05) is 17.5 Å². The number of carbonyl (C=O) groups is 2. The van der Waals surface area contributed by atoms with Crippen LogP contribution >= 0.6 is 22.9 Å². The summed E-state index contributed by atoms with van der Waals surface area (Å²) in [5.41, 5.74) is 0.141. The average molecular weight is 483 g/mol. The Morgan fingerprint density at radius 1 is 1.23 bits per heavy atom. The van der Waals surface area contributed by atoms with Crippen LogP contribution in [-0.4, -0.2) is 43.8 Å². The zero-order valence-electron chi connectivity index (χ0n) is 16.9. The van der Waals surface area contributed by atoms with Crippen molar-refractivity contribution < 1.29 is 22.7 Å². The van der Waals surface area contributed by atoms with Gasteiger partial charge in [-0.3, -0.25) is 4.79 Å². The van der Waals surface area contributed by atoms with Crippen LogP contribution in [0.25, 0.3) is 6.08 Å². The highest BCUT2D eigenvalue weighted by Crippen LogP contribution is 2.28. The van der Waals surface area contributed by atoms with Gasteiger partial charge in [-0.1, -0.05) is 24.1 Å². The van der Waals surface area contributed by atoms with Crippen LogP contribution in [0, 0.1) is 0 Å². The molecule has 10 heteroatoms. The number of halogens is 1. The zero-order valence-corrected chi connectivity index (χ0v) is 19.3. The lowest BCUT2D eigenvalue weighted by molar-refractivity contribution is -0.148. The van der Waals surface area contributed by atoms with Crippen molar-refractivity contribution >= 4 is 56.6 Å². The Kier molecular flexibility index (Phi) is 7.88. The van der Waals surface area contributed by atoms with E-state index in [0.29, 0.717) is 13.1 Å². The van der Waals surface area contributed by atoms with Crippen molar-refractivity contribution in [3.8, 4) is 0 Å². The van der Waals surface area contributed by atoms with Crippen LogP contribution in [0.2, 0.25) is 5.02 Å². The van der Waals surface area contributed by atoms with Crippen molar-refractivity contribution in [2.45, 2.75) is 37.2 Å². The van der Waals surface area contributed by atoms with Crippen LogP contribution in [0.3, 0.4) is 0 Å². The monoisotopic (exact) mass is 482 g/mol. The van der Waals surface area contributed by atoms with Gasteiger partial charge in [0.25, 0.3) is 5.91 Å². The van der Waals surface area contributed by atoms with Gasteiger partial charge in [-0.05, 0) is 55.5 Å². The molecule has 0 saturated carbocycles. The lowest BCUT2D eigenvalue weighted by Crippen LogP contribution is -2.35. The molecule has 0 spiro atoms. The minimum absolute atomic E-state index is 0.0534. The maximum atomic E-state index is 12.9. The van der Waals surface area contributed by atoms with Crippen molar-refractivity contribution in [3.05, 3.63) is 51.7 Å². The third kappa shape index (κ3) is 6.16. The number of carbonyl (C=O) groups excluding carboxylic acids is 2. The Hall–Kier alpha value is -2.20. The summed E-state index contributed by atoms with van der Waals surface area (Å²) in [5, 5.41) is 4.61. The average Bonchev–Trinajstić information content (AvgIpc) is 3.28. The van der Waals surface area contributed by atoms with Crippen LogP contribution in [0.5, 0.6) is 0 Å². The van der Waals surface area contributed by atoms with E-state index in [9.17, 15) is 18.0 Å². The Morgan fingerprint density at radius 3 is 2.65 bits per heavy atom. The summed E-state index contributed by atoms with van der Waals surface area (Å²) >= 11 is 7.62. The van der Waals surface area contributed by atoms with Crippen molar-refractivity contribution in [3.63, 3.8) is 0 Å². The van der Waals surface area contributed by atoms with Crippen LogP contribution < -0.4 is 5.32 Å². The highest BCUT2D eigenvalue weighted by Gasteiger charge is 2.27. The molecule has 1 aromatic carbocycles. The number of piperidine rings is 1. The van der Waals surface area contributed by atoms with Gasteiger partial charge in [0, 0.05) is 24.0 Å². The molecule has 1 amide bonds. The fourth-order valence-corrected chi connectivity index (χ4v) is 5.38. The highest BCUT2D eigenvalue weighted by atomic mass is 35.5. The van der Waals surface area contributed by atoms with Crippen LogP contribution in [0.15, 0.2) is 46.7 Å². The SMILES string of the molecule is CC(OC(=O)C=Cc1cccs1)C(=O)Nc1cc(S(=O)(=O)N2CCCCC2)ccc1Cl. The molecular formula is C21H23ClN2O5S2. The molecule has 3 rings (SSSR count). The van der Waals surface area contributed by atoms with Crippen molar-refractivity contribution in [1.82, 2.24) is 4.31 Å². The summed E-state index contributed by atoms with van der Waals surface area (Å²) in [5.74, 6) is -1.28. The van der Waals surface area contributed by atoms with Gasteiger partial charge in [-0.25, -0.2) is 13.2 Å². The van der Waals surface area contributed by atoms with E-state index in [1.54, 1.807) is 6.08 Å². The Labute approximate surface area is 190 Å². The van der Waals surface area contributed by atoms with Gasteiger partial charge < -0.3 is 10.1 Å². The molecule has 7 nitrogen and oxygen atoms in total. The molecule has 31 heavy (non-hydrogen) atoms. The van der Waals surface area contributed by atoms with Gasteiger partial charge in [0.1, 0.15) is 0 Å². The van der Waals surface area contributed by atoms with Crippen LogP contribution in [0.1, 0.15) is 31.1 Å². The minimum Gasteiger partial charge on any atom is -0.449 e. The number of amides is 1. The number of thiophene rings is 1. The van der Waals surface area contributed by atoms with E-state index in [4.69, 9.17) is 16.3 Å². The summed E-state index contributed by atoms with van der Waals surface area (Å²) in [6.45, 7) is 2.37. The maximum absolute atomic E-state index is 12.9. The minimum atomic E-state index is -3.68. The number of ether oxygens (including phenoxy) is 1. The lowest BCUT2D eigenvalue weighted by atomic mass is 10.2. The molecule has 1 saturated heterocycles. The summed E-state index contributed by atoms with van der Waals surface area (Å²) in [6, 6.07) is 7.87. The largest absolute Gasteiger partial charge is 0.449 e. The number of anilines is 1. The van der Waals surface area contributed by atoms with Gasteiger partial charge in [0.15, 0.2) is 6.10 Å². The second-order valence-electron chi connectivity index (χ2n) is 7.02. The van der Waals surface area contributed by atoms with Gasteiger partial charge in [-0.2, -0.15) is 4.31 Å². The van der Waals surface area contributed by atoms with E-state index in [1.165, 1.54) is 46.8 Å². The molecule has 1 aromatic heterocycles. The smallest absolute Gasteiger partial charge is 0.331 e. The molecule has 1 unspecified atom stereocenters. The third-order valence-electron chi connectivity index (χ3n) is 4.74. The molecule has 2 heterocycles. The molecule has 166 valence electrons. The summed E-state index contributed by atoms with van der Waals surface area (Å²) < 4.78 is 32.3. The Bertz CT molecular complexity index is 1060. The maximum Gasteiger partial charge on any atom is 0.331 e. The first-order chi connectivity index (χ1) is 14.8. The standard InChI is InChI=1S/C21H23ClN2O5S2/c1-15(29-20(25)10-7-16-6-5-13-30-16)21(26)23-19-14-17(8-9-18(19)22)31(27,28)24-11-3-2-4-12-24/h5-10,13-15H,2-4,11-12H2,1H3,(H,23,26). The summed E-state index contributed by atoms with van der Waals surface area (Å²) in [4.78, 5) is 25.3. The van der Waals surface area contributed by atoms with Gasteiger partial charge in [0.05, 0.1) is 15.6 Å². The number of rotatable bonds is 7.